The Kier molecular flexibility index (Phi) is 4.40. The fourth-order valence-electron chi connectivity index (χ4n) is 1.44. The van der Waals surface area contributed by atoms with Crippen LogP contribution < -0.4 is 0 Å². The standard InChI is InChI=1S/C12H16ClF/c1-9(2)11(8-13)6-10-4-3-5-12(14)7-10/h3-5,7,9,11H,6,8H2,1-2H3. The third kappa shape index (κ3) is 3.30. The molecule has 0 spiro atoms. The number of halogens is 2. The van der Waals surface area contributed by atoms with Crippen LogP contribution in [0.25, 0.3) is 0 Å². The van der Waals surface area contributed by atoms with Gasteiger partial charge in [0.1, 0.15) is 5.82 Å². The highest BCUT2D eigenvalue weighted by atomic mass is 35.5. The molecular formula is C12H16ClF. The van der Waals surface area contributed by atoms with Gasteiger partial charge >= 0.3 is 0 Å². The lowest BCUT2D eigenvalue weighted by atomic mass is 9.91. The van der Waals surface area contributed by atoms with Crippen LogP contribution in [0, 0.1) is 17.7 Å². The molecule has 0 saturated heterocycles. The van der Waals surface area contributed by atoms with Gasteiger partial charge in [0, 0.05) is 5.88 Å². The molecule has 0 radical (unpaired) electrons. The van der Waals surface area contributed by atoms with E-state index in [9.17, 15) is 4.39 Å². The molecule has 0 aromatic heterocycles. The average molecular weight is 215 g/mol. The van der Waals surface area contributed by atoms with E-state index in [2.05, 4.69) is 13.8 Å². The van der Waals surface area contributed by atoms with Crippen molar-refractivity contribution < 1.29 is 4.39 Å². The molecule has 0 bridgehead atoms. The highest BCUT2D eigenvalue weighted by Gasteiger charge is 2.12. The maximum atomic E-state index is 12.9. The number of rotatable bonds is 4. The summed E-state index contributed by atoms with van der Waals surface area (Å²) in [6.45, 7) is 4.29. The summed E-state index contributed by atoms with van der Waals surface area (Å²) >= 11 is 5.86. The molecule has 0 fully saturated rings. The van der Waals surface area contributed by atoms with E-state index in [1.165, 1.54) is 6.07 Å². The Balaban J connectivity index is 2.67. The molecule has 14 heavy (non-hydrogen) atoms. The van der Waals surface area contributed by atoms with E-state index in [0.29, 0.717) is 17.7 Å². The molecule has 0 nitrogen and oxygen atoms in total. The SMILES string of the molecule is CC(C)C(CCl)Cc1cccc(F)c1. The van der Waals surface area contributed by atoms with Crippen LogP contribution in [-0.4, -0.2) is 5.88 Å². The summed E-state index contributed by atoms with van der Waals surface area (Å²) in [5, 5.41) is 0. The highest BCUT2D eigenvalue weighted by Crippen LogP contribution is 2.19. The monoisotopic (exact) mass is 214 g/mol. The van der Waals surface area contributed by atoms with Crippen molar-refractivity contribution in [1.82, 2.24) is 0 Å². The summed E-state index contributed by atoms with van der Waals surface area (Å²) in [7, 11) is 0. The van der Waals surface area contributed by atoms with E-state index in [4.69, 9.17) is 11.6 Å². The predicted octanol–water partition coefficient (Wildman–Crippen LogP) is 3.88. The zero-order chi connectivity index (χ0) is 10.6. The summed E-state index contributed by atoms with van der Waals surface area (Å²) in [4.78, 5) is 0. The Morgan fingerprint density at radius 3 is 2.57 bits per heavy atom. The van der Waals surface area contributed by atoms with Crippen molar-refractivity contribution >= 4 is 11.6 Å². The Morgan fingerprint density at radius 2 is 2.07 bits per heavy atom. The quantitative estimate of drug-likeness (QED) is 0.668. The normalized spacial score (nSPS) is 13.2. The summed E-state index contributed by atoms with van der Waals surface area (Å²) in [6.07, 6.45) is 0.860. The van der Waals surface area contributed by atoms with E-state index < -0.39 is 0 Å². The molecule has 0 amide bonds. The third-order valence-corrected chi connectivity index (χ3v) is 2.92. The summed E-state index contributed by atoms with van der Waals surface area (Å²) < 4.78 is 12.9. The van der Waals surface area contributed by atoms with Crippen molar-refractivity contribution in [3.8, 4) is 0 Å². The van der Waals surface area contributed by atoms with Gasteiger partial charge in [-0.05, 0) is 36.0 Å². The average Bonchev–Trinajstić information content (AvgIpc) is 2.14. The van der Waals surface area contributed by atoms with Gasteiger partial charge in [-0.1, -0.05) is 26.0 Å². The Bertz CT molecular complexity index is 283. The van der Waals surface area contributed by atoms with Gasteiger partial charge in [-0.15, -0.1) is 11.6 Å². The molecule has 0 heterocycles. The van der Waals surface area contributed by atoms with E-state index in [0.717, 1.165) is 12.0 Å². The zero-order valence-electron chi connectivity index (χ0n) is 8.63. The van der Waals surface area contributed by atoms with Crippen molar-refractivity contribution in [2.45, 2.75) is 20.3 Å². The van der Waals surface area contributed by atoms with E-state index in [-0.39, 0.29) is 5.82 Å². The Hall–Kier alpha value is -0.560. The lowest BCUT2D eigenvalue weighted by molar-refractivity contribution is 0.421. The third-order valence-electron chi connectivity index (χ3n) is 2.53. The second-order valence-electron chi connectivity index (χ2n) is 3.99. The predicted molar refractivity (Wildman–Crippen MR) is 59.2 cm³/mol. The molecule has 0 saturated carbocycles. The fraction of sp³-hybridized carbons (Fsp3) is 0.500. The smallest absolute Gasteiger partial charge is 0.123 e. The van der Waals surface area contributed by atoms with Crippen LogP contribution >= 0.6 is 11.6 Å². The van der Waals surface area contributed by atoms with E-state index in [1.807, 2.05) is 6.07 Å². The summed E-state index contributed by atoms with van der Waals surface area (Å²) in [5.41, 5.74) is 1.03. The first-order valence-corrected chi connectivity index (χ1v) is 5.47. The highest BCUT2D eigenvalue weighted by molar-refractivity contribution is 6.18. The number of benzene rings is 1. The van der Waals surface area contributed by atoms with Gasteiger partial charge in [0.25, 0.3) is 0 Å². The molecule has 1 rings (SSSR count). The Labute approximate surface area is 90.1 Å². The van der Waals surface area contributed by atoms with Gasteiger partial charge in [0.15, 0.2) is 0 Å². The van der Waals surface area contributed by atoms with Gasteiger partial charge in [0.05, 0.1) is 0 Å². The first-order chi connectivity index (χ1) is 6.63. The summed E-state index contributed by atoms with van der Waals surface area (Å²) in [5.74, 6) is 1.43. The van der Waals surface area contributed by atoms with Gasteiger partial charge in [-0.25, -0.2) is 4.39 Å². The van der Waals surface area contributed by atoms with Crippen LogP contribution in [-0.2, 0) is 6.42 Å². The van der Waals surface area contributed by atoms with Crippen molar-refractivity contribution in [2.24, 2.45) is 11.8 Å². The number of hydrogen-bond acceptors (Lipinski definition) is 0. The molecule has 0 aliphatic rings. The van der Waals surface area contributed by atoms with Crippen molar-refractivity contribution in [3.63, 3.8) is 0 Å². The lowest BCUT2D eigenvalue weighted by Gasteiger charge is -2.17. The summed E-state index contributed by atoms with van der Waals surface area (Å²) in [6, 6.07) is 6.75. The first-order valence-electron chi connectivity index (χ1n) is 4.94. The Morgan fingerprint density at radius 1 is 1.36 bits per heavy atom. The molecule has 0 aliphatic heterocycles. The second-order valence-corrected chi connectivity index (χ2v) is 4.30. The largest absolute Gasteiger partial charge is 0.207 e. The minimum atomic E-state index is -0.167. The fourth-order valence-corrected chi connectivity index (χ4v) is 1.90. The maximum Gasteiger partial charge on any atom is 0.123 e. The van der Waals surface area contributed by atoms with E-state index in [1.54, 1.807) is 12.1 Å². The second kappa shape index (κ2) is 5.35. The van der Waals surface area contributed by atoms with Gasteiger partial charge in [0.2, 0.25) is 0 Å². The van der Waals surface area contributed by atoms with Gasteiger partial charge < -0.3 is 0 Å². The van der Waals surface area contributed by atoms with Crippen LogP contribution in [0.4, 0.5) is 4.39 Å². The molecule has 1 aromatic rings. The van der Waals surface area contributed by atoms with Crippen LogP contribution in [0.15, 0.2) is 24.3 Å². The lowest BCUT2D eigenvalue weighted by Crippen LogP contribution is -2.13. The van der Waals surface area contributed by atoms with Crippen molar-refractivity contribution in [1.29, 1.82) is 0 Å². The minimum absolute atomic E-state index is 0.167. The topological polar surface area (TPSA) is 0 Å². The molecule has 1 atom stereocenters. The molecule has 2 heteroatoms. The first kappa shape index (κ1) is 11.5. The molecule has 0 N–H and O–H groups in total. The van der Waals surface area contributed by atoms with E-state index >= 15 is 0 Å². The molecule has 0 aliphatic carbocycles. The number of hydrogen-bond donors (Lipinski definition) is 0. The molecule has 1 aromatic carbocycles. The van der Waals surface area contributed by atoms with Gasteiger partial charge in [-0.2, -0.15) is 0 Å². The molecule has 78 valence electrons. The zero-order valence-corrected chi connectivity index (χ0v) is 9.39. The number of alkyl halides is 1. The van der Waals surface area contributed by atoms with Crippen LogP contribution in [0.3, 0.4) is 0 Å². The van der Waals surface area contributed by atoms with Crippen LogP contribution in [0.1, 0.15) is 19.4 Å². The van der Waals surface area contributed by atoms with Crippen molar-refractivity contribution in [3.05, 3.63) is 35.6 Å². The molecular weight excluding hydrogens is 199 g/mol. The van der Waals surface area contributed by atoms with Gasteiger partial charge in [-0.3, -0.25) is 0 Å². The van der Waals surface area contributed by atoms with Crippen molar-refractivity contribution in [2.75, 3.05) is 5.88 Å². The minimum Gasteiger partial charge on any atom is -0.207 e. The van der Waals surface area contributed by atoms with Crippen LogP contribution in [0.2, 0.25) is 0 Å². The molecule has 1 unspecified atom stereocenters. The maximum absolute atomic E-state index is 12.9. The van der Waals surface area contributed by atoms with Crippen LogP contribution in [0.5, 0.6) is 0 Å².